The lowest BCUT2D eigenvalue weighted by Crippen LogP contribution is -2.44. The van der Waals surface area contributed by atoms with Crippen LogP contribution in [0, 0.1) is 10.7 Å². The van der Waals surface area contributed by atoms with Gasteiger partial charge in [-0.2, -0.15) is 0 Å². The van der Waals surface area contributed by atoms with Gasteiger partial charge in [0, 0.05) is 17.6 Å². The fraction of sp³-hybridized carbons (Fsp3) is 0.323. The molecule has 0 radical (unpaired) electrons. The Labute approximate surface area is 258 Å². The Kier molecular flexibility index (Phi) is 9.50. The van der Waals surface area contributed by atoms with Gasteiger partial charge >= 0.3 is 13.6 Å². The SMILES string of the molecule is C[C@H](C[P@](=O)(OC[C@H]1O[C@@H](n2ccc(=O)[nH]c2=S)C(C)(O)[C@H]1O)Oc1cccc2ccccc12)C(=O)OCc1ccccc1. The Balaban J connectivity index is 1.36. The number of hydrogen-bond acceptors (Lipinski definition) is 10. The first-order chi connectivity index (χ1) is 21.0. The van der Waals surface area contributed by atoms with E-state index < -0.39 is 55.7 Å². The highest BCUT2D eigenvalue weighted by atomic mass is 32.1. The molecule has 5 rings (SSSR count). The monoisotopic (exact) mass is 640 g/mol. The molecule has 13 heteroatoms. The van der Waals surface area contributed by atoms with Crippen LogP contribution >= 0.6 is 19.8 Å². The van der Waals surface area contributed by atoms with Crippen LogP contribution < -0.4 is 10.1 Å². The average molecular weight is 641 g/mol. The predicted molar refractivity (Wildman–Crippen MR) is 165 cm³/mol. The van der Waals surface area contributed by atoms with Crippen molar-refractivity contribution in [3.8, 4) is 5.75 Å². The molecule has 1 unspecified atom stereocenters. The second-order valence-electron chi connectivity index (χ2n) is 10.9. The predicted octanol–water partition coefficient (Wildman–Crippen LogP) is 4.74. The third kappa shape index (κ3) is 7.02. The van der Waals surface area contributed by atoms with Gasteiger partial charge in [-0.15, -0.1) is 0 Å². The first kappa shape index (κ1) is 31.8. The first-order valence-electron chi connectivity index (χ1n) is 14.0. The number of carbonyl (C=O) groups excluding carboxylic acids is 1. The molecule has 2 heterocycles. The quantitative estimate of drug-likeness (QED) is 0.119. The summed E-state index contributed by atoms with van der Waals surface area (Å²) >= 11 is 5.21. The number of rotatable bonds is 11. The lowest BCUT2D eigenvalue weighted by molar-refractivity contribution is -0.148. The maximum absolute atomic E-state index is 14.4. The number of aromatic amines is 1. The zero-order chi connectivity index (χ0) is 31.5. The van der Waals surface area contributed by atoms with Crippen molar-refractivity contribution in [3.63, 3.8) is 0 Å². The molecule has 0 spiro atoms. The molecule has 6 atom stereocenters. The summed E-state index contributed by atoms with van der Waals surface area (Å²) in [6, 6.07) is 23.0. The van der Waals surface area contributed by atoms with E-state index in [-0.39, 0.29) is 23.3 Å². The number of aliphatic hydroxyl groups is 2. The summed E-state index contributed by atoms with van der Waals surface area (Å²) in [5.74, 6) is -1.19. The summed E-state index contributed by atoms with van der Waals surface area (Å²) < 4.78 is 39.0. The Bertz CT molecular complexity index is 1790. The number of esters is 1. The van der Waals surface area contributed by atoms with Crippen LogP contribution in [0.4, 0.5) is 0 Å². The third-order valence-corrected chi connectivity index (χ3v) is 9.73. The van der Waals surface area contributed by atoms with Crippen LogP contribution in [-0.4, -0.2) is 56.3 Å². The van der Waals surface area contributed by atoms with E-state index in [1.54, 1.807) is 19.1 Å². The normalized spacial score (nSPS) is 23.6. The van der Waals surface area contributed by atoms with Gasteiger partial charge in [0.15, 0.2) is 11.0 Å². The number of benzene rings is 3. The van der Waals surface area contributed by atoms with E-state index in [0.29, 0.717) is 5.39 Å². The van der Waals surface area contributed by atoms with Gasteiger partial charge in [-0.25, -0.2) is 4.57 Å². The van der Waals surface area contributed by atoms with E-state index in [9.17, 15) is 24.4 Å². The lowest BCUT2D eigenvalue weighted by atomic mass is 9.96. The summed E-state index contributed by atoms with van der Waals surface area (Å²) in [6.07, 6.45) is -2.86. The minimum atomic E-state index is -4.13. The van der Waals surface area contributed by atoms with Crippen molar-refractivity contribution < 1.29 is 38.1 Å². The van der Waals surface area contributed by atoms with Crippen LogP contribution in [0.5, 0.6) is 5.75 Å². The molecule has 0 amide bonds. The van der Waals surface area contributed by atoms with E-state index in [1.807, 2.05) is 60.7 Å². The van der Waals surface area contributed by atoms with E-state index in [1.165, 1.54) is 23.8 Å². The maximum Gasteiger partial charge on any atom is 0.380 e. The van der Waals surface area contributed by atoms with E-state index >= 15 is 0 Å². The van der Waals surface area contributed by atoms with Gasteiger partial charge in [0.1, 0.15) is 30.2 Å². The van der Waals surface area contributed by atoms with Gasteiger partial charge in [-0.05, 0) is 36.2 Å². The van der Waals surface area contributed by atoms with Gasteiger partial charge in [0.25, 0.3) is 5.56 Å². The number of fused-ring (bicyclic) bond motifs is 1. The molecule has 0 bridgehead atoms. The van der Waals surface area contributed by atoms with Crippen LogP contribution in [0.2, 0.25) is 0 Å². The summed E-state index contributed by atoms with van der Waals surface area (Å²) in [7, 11) is -4.13. The highest BCUT2D eigenvalue weighted by molar-refractivity contribution is 7.71. The minimum Gasteiger partial charge on any atom is -0.461 e. The van der Waals surface area contributed by atoms with Gasteiger partial charge in [0.05, 0.1) is 18.7 Å². The summed E-state index contributed by atoms with van der Waals surface area (Å²) in [5, 5.41) is 23.7. The van der Waals surface area contributed by atoms with Crippen LogP contribution in [0.3, 0.4) is 0 Å². The molecule has 3 aromatic carbocycles. The van der Waals surface area contributed by atoms with Gasteiger partial charge in [-0.3, -0.25) is 23.7 Å². The Morgan fingerprint density at radius 2 is 1.82 bits per heavy atom. The molecule has 44 heavy (non-hydrogen) atoms. The zero-order valence-corrected chi connectivity index (χ0v) is 25.8. The van der Waals surface area contributed by atoms with Crippen LogP contribution in [0.1, 0.15) is 25.6 Å². The molecule has 0 saturated carbocycles. The Hall–Kier alpha value is -3.64. The fourth-order valence-electron chi connectivity index (χ4n) is 5.00. The zero-order valence-electron chi connectivity index (χ0n) is 24.1. The van der Waals surface area contributed by atoms with Crippen molar-refractivity contribution in [3.05, 3.63) is 106 Å². The minimum absolute atomic E-state index is 0.0238. The summed E-state index contributed by atoms with van der Waals surface area (Å²) in [6.45, 7) is 2.51. The molecular formula is C31H33N2O9PS. The van der Waals surface area contributed by atoms with Crippen molar-refractivity contribution in [2.24, 2.45) is 5.92 Å². The highest BCUT2D eigenvalue weighted by Gasteiger charge is 2.53. The largest absolute Gasteiger partial charge is 0.461 e. The number of nitrogens with one attached hydrogen (secondary N) is 1. The van der Waals surface area contributed by atoms with Crippen LogP contribution in [0.25, 0.3) is 10.8 Å². The van der Waals surface area contributed by atoms with Gasteiger partial charge < -0.3 is 24.2 Å². The number of aliphatic hydroxyl groups excluding tert-OH is 1. The maximum atomic E-state index is 14.4. The number of ether oxygens (including phenoxy) is 2. The second kappa shape index (κ2) is 13.2. The lowest BCUT2D eigenvalue weighted by Gasteiger charge is -2.28. The van der Waals surface area contributed by atoms with E-state index in [4.69, 9.17) is 30.7 Å². The second-order valence-corrected chi connectivity index (χ2v) is 13.3. The molecule has 3 N–H and O–H groups in total. The summed E-state index contributed by atoms with van der Waals surface area (Å²) in [5.41, 5.74) is -1.50. The number of H-pyrrole nitrogens is 1. The molecule has 232 valence electrons. The molecule has 4 aromatic rings. The molecule has 1 saturated heterocycles. The van der Waals surface area contributed by atoms with Crippen LogP contribution in [0.15, 0.2) is 89.9 Å². The molecular weight excluding hydrogens is 607 g/mol. The smallest absolute Gasteiger partial charge is 0.380 e. The Morgan fingerprint density at radius 1 is 1.11 bits per heavy atom. The van der Waals surface area contributed by atoms with Crippen molar-refractivity contribution in [2.75, 3.05) is 12.8 Å². The summed E-state index contributed by atoms with van der Waals surface area (Å²) in [4.78, 5) is 27.0. The molecule has 1 aliphatic heterocycles. The average Bonchev–Trinajstić information content (AvgIpc) is 3.23. The van der Waals surface area contributed by atoms with E-state index in [0.717, 1.165) is 10.9 Å². The van der Waals surface area contributed by atoms with Crippen molar-refractivity contribution in [1.29, 1.82) is 0 Å². The van der Waals surface area contributed by atoms with Gasteiger partial charge in [-0.1, -0.05) is 73.7 Å². The fourth-order valence-corrected chi connectivity index (χ4v) is 7.14. The molecule has 1 aromatic heterocycles. The third-order valence-electron chi connectivity index (χ3n) is 7.40. The van der Waals surface area contributed by atoms with E-state index in [2.05, 4.69) is 4.98 Å². The van der Waals surface area contributed by atoms with Gasteiger partial charge in [0.2, 0.25) is 0 Å². The number of aromatic nitrogens is 2. The number of carbonyl (C=O) groups is 1. The molecule has 11 nitrogen and oxygen atoms in total. The van der Waals surface area contributed by atoms with Crippen LogP contribution in [-0.2, 0) is 30.0 Å². The van der Waals surface area contributed by atoms with Crippen molar-refractivity contribution in [2.45, 2.75) is 44.5 Å². The number of hydrogen-bond donors (Lipinski definition) is 3. The Morgan fingerprint density at radius 3 is 2.57 bits per heavy atom. The standard InChI is InChI=1S/C31H33N2O9PS/c1-20(28(36)39-17-21-9-4-3-5-10-21)19-43(38,42-24-14-8-12-22-11-6-7-13-23(22)24)40-18-25-27(35)31(2,37)29(41-25)33-16-15-26(34)32-30(33)44/h3-16,20,25,27,29,35,37H,17-19H2,1-2H3,(H,32,34,44)/t20-,25-,27+,29-,31?,43+/m1/s1. The number of nitrogens with zero attached hydrogens (tertiary/aromatic N) is 1. The molecule has 1 aliphatic rings. The molecule has 0 aliphatic carbocycles. The van der Waals surface area contributed by atoms with Crippen molar-refractivity contribution >= 4 is 36.6 Å². The first-order valence-corrected chi connectivity index (χ1v) is 16.1. The topological polar surface area (TPSA) is 149 Å². The highest BCUT2D eigenvalue weighted by Crippen LogP contribution is 2.52. The molecule has 1 fully saturated rings. The van der Waals surface area contributed by atoms with Crippen molar-refractivity contribution in [1.82, 2.24) is 9.55 Å².